The molecule has 0 aliphatic carbocycles. The maximum Gasteiger partial charge on any atom is 0.289 e. The van der Waals surface area contributed by atoms with Crippen molar-refractivity contribution in [2.45, 2.75) is 4.90 Å². The van der Waals surface area contributed by atoms with Crippen LogP contribution in [0, 0.1) is 10.1 Å². The summed E-state index contributed by atoms with van der Waals surface area (Å²) in [5, 5.41) is 21.4. The van der Waals surface area contributed by atoms with Crippen LogP contribution in [0.15, 0.2) is 27.6 Å². The van der Waals surface area contributed by atoms with Crippen LogP contribution < -0.4 is 4.72 Å². The molecule has 10 nitrogen and oxygen atoms in total. The third kappa shape index (κ3) is 2.91. The van der Waals surface area contributed by atoms with E-state index >= 15 is 0 Å². The van der Waals surface area contributed by atoms with Crippen LogP contribution in [0.1, 0.15) is 0 Å². The number of nitrogens with one attached hydrogen (secondary N) is 1. The molecule has 0 saturated carbocycles. The van der Waals surface area contributed by atoms with Crippen LogP contribution in [-0.4, -0.2) is 33.5 Å². The van der Waals surface area contributed by atoms with Crippen LogP contribution in [0.5, 0.6) is 0 Å². The second-order valence-electron chi connectivity index (χ2n) is 3.58. The van der Waals surface area contributed by atoms with Gasteiger partial charge in [0.2, 0.25) is 0 Å². The Kier molecular flexibility index (Phi) is 3.67. The van der Waals surface area contributed by atoms with Crippen LogP contribution >= 0.6 is 15.9 Å². The molecule has 1 heterocycles. The first-order chi connectivity index (χ1) is 9.29. The minimum atomic E-state index is -4.20. The molecule has 106 valence electrons. The number of halogens is 1. The minimum Gasteiger partial charge on any atom is -0.258 e. The Morgan fingerprint density at radius 1 is 1.45 bits per heavy atom. The highest BCUT2D eigenvalue weighted by molar-refractivity contribution is 9.10. The highest BCUT2D eigenvalue weighted by Gasteiger charge is 2.27. The van der Waals surface area contributed by atoms with E-state index in [1.54, 1.807) is 0 Å². The van der Waals surface area contributed by atoms with Gasteiger partial charge in [0.05, 0.1) is 12.0 Å². The van der Waals surface area contributed by atoms with Crippen LogP contribution in [-0.2, 0) is 17.1 Å². The molecule has 0 atom stereocenters. The first kappa shape index (κ1) is 14.3. The average Bonchev–Trinajstić information content (AvgIpc) is 2.73. The molecule has 0 saturated heterocycles. The smallest absolute Gasteiger partial charge is 0.258 e. The molecule has 2 aromatic rings. The van der Waals surface area contributed by atoms with Gasteiger partial charge in [-0.2, -0.15) is 4.80 Å². The summed E-state index contributed by atoms with van der Waals surface area (Å²) in [6.45, 7) is 0. The van der Waals surface area contributed by atoms with Gasteiger partial charge in [-0.1, -0.05) is 21.0 Å². The van der Waals surface area contributed by atoms with Gasteiger partial charge in [0, 0.05) is 10.5 Å². The highest BCUT2D eigenvalue weighted by atomic mass is 79.9. The highest BCUT2D eigenvalue weighted by Crippen LogP contribution is 2.28. The van der Waals surface area contributed by atoms with Gasteiger partial charge in [-0.25, -0.2) is 13.1 Å². The molecule has 0 unspecified atom stereocenters. The molecule has 1 N–H and O–H groups in total. The minimum absolute atomic E-state index is 0.276. The van der Waals surface area contributed by atoms with E-state index in [9.17, 15) is 18.5 Å². The monoisotopic (exact) mass is 362 g/mol. The number of sulfonamides is 1. The SMILES string of the molecule is Cn1nnc(NS(=O)(=O)c2cc(Br)ccc2[N+](=O)[O-])n1. The van der Waals surface area contributed by atoms with Crippen molar-refractivity contribution in [1.29, 1.82) is 0 Å². The molecule has 0 radical (unpaired) electrons. The number of anilines is 1. The first-order valence-electron chi connectivity index (χ1n) is 5.00. The molecular formula is C8H7BrN6O4S. The number of hydrogen-bond acceptors (Lipinski definition) is 7. The van der Waals surface area contributed by atoms with Crippen LogP contribution in [0.25, 0.3) is 0 Å². The third-order valence-corrected chi connectivity index (χ3v) is 3.99. The zero-order valence-electron chi connectivity index (χ0n) is 9.89. The Balaban J connectivity index is 2.48. The molecule has 0 amide bonds. The van der Waals surface area contributed by atoms with E-state index in [4.69, 9.17) is 0 Å². The molecule has 12 heteroatoms. The van der Waals surface area contributed by atoms with Crippen molar-refractivity contribution in [1.82, 2.24) is 20.2 Å². The van der Waals surface area contributed by atoms with Gasteiger partial charge in [0.15, 0.2) is 4.90 Å². The Hall–Kier alpha value is -2.08. The molecule has 0 spiro atoms. The number of aromatic nitrogens is 4. The lowest BCUT2D eigenvalue weighted by Crippen LogP contribution is -2.16. The normalized spacial score (nSPS) is 11.3. The summed E-state index contributed by atoms with van der Waals surface area (Å²) in [5.41, 5.74) is -0.551. The Morgan fingerprint density at radius 3 is 2.70 bits per heavy atom. The largest absolute Gasteiger partial charge is 0.289 e. The van der Waals surface area contributed by atoms with Crippen molar-refractivity contribution in [2.24, 2.45) is 7.05 Å². The summed E-state index contributed by atoms with van der Waals surface area (Å²) in [5.74, 6) is -0.276. The molecule has 20 heavy (non-hydrogen) atoms. The average molecular weight is 363 g/mol. The van der Waals surface area contributed by atoms with Gasteiger partial charge in [0.1, 0.15) is 0 Å². The summed E-state index contributed by atoms with van der Waals surface area (Å²) < 4.78 is 26.7. The van der Waals surface area contributed by atoms with E-state index < -0.39 is 25.5 Å². The number of nitro groups is 1. The number of tetrazole rings is 1. The van der Waals surface area contributed by atoms with Crippen molar-refractivity contribution in [3.63, 3.8) is 0 Å². The lowest BCUT2D eigenvalue weighted by Gasteiger charge is -2.05. The van der Waals surface area contributed by atoms with Crippen LogP contribution in [0.4, 0.5) is 11.6 Å². The predicted molar refractivity (Wildman–Crippen MR) is 70.4 cm³/mol. The quantitative estimate of drug-likeness (QED) is 0.624. The van der Waals surface area contributed by atoms with Crippen molar-refractivity contribution in [3.8, 4) is 0 Å². The molecule has 0 fully saturated rings. The summed E-state index contributed by atoms with van der Waals surface area (Å²) >= 11 is 3.06. The van der Waals surface area contributed by atoms with Gasteiger partial charge in [-0.15, -0.1) is 5.10 Å². The fourth-order valence-corrected chi connectivity index (χ4v) is 3.00. The Labute approximate surface area is 121 Å². The number of nitrogens with zero attached hydrogens (tertiary/aromatic N) is 5. The Bertz CT molecular complexity index is 773. The molecule has 2 rings (SSSR count). The molecule has 0 bridgehead atoms. The van der Waals surface area contributed by atoms with Gasteiger partial charge in [-0.3, -0.25) is 10.1 Å². The van der Waals surface area contributed by atoms with Gasteiger partial charge in [0.25, 0.3) is 21.7 Å². The third-order valence-electron chi connectivity index (χ3n) is 2.14. The van der Waals surface area contributed by atoms with E-state index in [-0.39, 0.29) is 5.95 Å². The molecule has 0 aliphatic rings. The topological polar surface area (TPSA) is 133 Å². The van der Waals surface area contributed by atoms with Crippen molar-refractivity contribution in [3.05, 3.63) is 32.8 Å². The van der Waals surface area contributed by atoms with Crippen molar-refractivity contribution >= 4 is 37.6 Å². The second kappa shape index (κ2) is 5.13. The van der Waals surface area contributed by atoms with Gasteiger partial charge in [-0.05, 0) is 17.3 Å². The molecule has 1 aromatic heterocycles. The summed E-state index contributed by atoms with van der Waals surface area (Å²) in [6, 6.07) is 3.58. The lowest BCUT2D eigenvalue weighted by molar-refractivity contribution is -0.387. The van der Waals surface area contributed by atoms with E-state index in [0.717, 1.165) is 16.9 Å². The van der Waals surface area contributed by atoms with E-state index in [1.165, 1.54) is 13.1 Å². The van der Waals surface area contributed by atoms with E-state index in [2.05, 4.69) is 31.3 Å². The number of benzene rings is 1. The fourth-order valence-electron chi connectivity index (χ4n) is 1.35. The van der Waals surface area contributed by atoms with Crippen molar-refractivity contribution in [2.75, 3.05) is 4.72 Å². The molecule has 0 aliphatic heterocycles. The van der Waals surface area contributed by atoms with E-state index in [0.29, 0.717) is 4.47 Å². The van der Waals surface area contributed by atoms with Gasteiger partial charge < -0.3 is 0 Å². The van der Waals surface area contributed by atoms with Gasteiger partial charge >= 0.3 is 0 Å². The molecule has 1 aromatic carbocycles. The maximum absolute atomic E-state index is 12.1. The zero-order valence-corrected chi connectivity index (χ0v) is 12.3. The molecular weight excluding hydrogens is 356 g/mol. The lowest BCUT2D eigenvalue weighted by atomic mass is 10.3. The first-order valence-corrected chi connectivity index (χ1v) is 7.28. The fraction of sp³-hybridized carbons (Fsp3) is 0.125. The summed E-state index contributed by atoms with van der Waals surface area (Å²) in [7, 11) is -2.75. The van der Waals surface area contributed by atoms with Crippen LogP contribution in [0.3, 0.4) is 0 Å². The van der Waals surface area contributed by atoms with Crippen LogP contribution in [0.2, 0.25) is 0 Å². The predicted octanol–water partition coefficient (Wildman–Crippen LogP) is 0.682. The number of hydrogen-bond donors (Lipinski definition) is 1. The number of aryl methyl sites for hydroxylation is 1. The maximum atomic E-state index is 12.1. The number of nitro benzene ring substituents is 1. The Morgan fingerprint density at radius 2 is 2.15 bits per heavy atom. The summed E-state index contributed by atoms with van der Waals surface area (Å²) in [4.78, 5) is 10.7. The number of rotatable bonds is 4. The second-order valence-corrected chi connectivity index (χ2v) is 6.14. The van der Waals surface area contributed by atoms with E-state index in [1.807, 2.05) is 4.72 Å². The standard InChI is InChI=1S/C8H7BrN6O4S/c1-14-11-8(10-13-14)12-20(18,19)7-4-5(9)2-3-6(7)15(16)17/h2-4H,1H3,(H,11,12). The summed E-state index contributed by atoms with van der Waals surface area (Å²) in [6.07, 6.45) is 0. The zero-order chi connectivity index (χ0) is 14.9. The van der Waals surface area contributed by atoms with Crippen molar-refractivity contribution < 1.29 is 13.3 Å².